The summed E-state index contributed by atoms with van der Waals surface area (Å²) in [7, 11) is 0. The molecule has 1 aliphatic rings. The number of carbonyl (C=O) groups is 1. The molecule has 14 heavy (non-hydrogen) atoms. The van der Waals surface area contributed by atoms with Crippen LogP contribution in [-0.4, -0.2) is 28.4 Å². The van der Waals surface area contributed by atoms with Crippen molar-refractivity contribution < 1.29 is 14.1 Å². The molecule has 1 aliphatic heterocycles. The van der Waals surface area contributed by atoms with Gasteiger partial charge in [0, 0.05) is 17.8 Å². The van der Waals surface area contributed by atoms with Crippen LogP contribution in [0.3, 0.4) is 0 Å². The van der Waals surface area contributed by atoms with Crippen LogP contribution in [0.25, 0.3) is 0 Å². The summed E-state index contributed by atoms with van der Waals surface area (Å²) in [6, 6.07) is 0. The third-order valence-electron chi connectivity index (χ3n) is 1.88. The van der Waals surface area contributed by atoms with E-state index >= 15 is 0 Å². The van der Waals surface area contributed by atoms with E-state index in [9.17, 15) is 9.35 Å². The van der Waals surface area contributed by atoms with Gasteiger partial charge in [0.2, 0.25) is 0 Å². The van der Waals surface area contributed by atoms with Crippen LogP contribution < -0.4 is 4.72 Å². The Hall–Kier alpha value is -0.260. The van der Waals surface area contributed by atoms with Crippen molar-refractivity contribution in [3.05, 3.63) is 0 Å². The number of hydrogen-bond donors (Lipinski definition) is 1. The van der Waals surface area contributed by atoms with Crippen LogP contribution in [0.4, 0.5) is 0 Å². The van der Waals surface area contributed by atoms with Crippen LogP contribution in [-0.2, 0) is 20.9 Å². The van der Waals surface area contributed by atoms with E-state index in [1.165, 1.54) is 0 Å². The molecule has 0 bridgehead atoms. The maximum Gasteiger partial charge on any atom is 0.311 e. The van der Waals surface area contributed by atoms with E-state index in [2.05, 4.69) is 4.72 Å². The molecule has 1 N–H and O–H groups in total. The minimum absolute atomic E-state index is 0.146. The molecule has 0 radical (unpaired) electrons. The van der Waals surface area contributed by atoms with E-state index in [-0.39, 0.29) is 11.9 Å². The zero-order valence-electron chi connectivity index (χ0n) is 8.83. The molecule has 1 saturated heterocycles. The Balaban J connectivity index is 2.38. The molecule has 1 fully saturated rings. The number of rotatable bonds is 1. The molecule has 1 heterocycles. The fraction of sp³-hybridized carbons (Fsp3) is 0.889. The van der Waals surface area contributed by atoms with Gasteiger partial charge in [-0.05, 0) is 20.8 Å². The van der Waals surface area contributed by atoms with Gasteiger partial charge in [0.05, 0.1) is 12.5 Å². The molecule has 0 aromatic heterocycles. The quantitative estimate of drug-likeness (QED) is 0.518. The molecule has 0 amide bonds. The van der Waals surface area contributed by atoms with Gasteiger partial charge in [-0.25, -0.2) is 0 Å². The van der Waals surface area contributed by atoms with Gasteiger partial charge in [-0.1, -0.05) is 0 Å². The van der Waals surface area contributed by atoms with Crippen molar-refractivity contribution in [2.45, 2.75) is 32.8 Å². The normalized spacial score (nSPS) is 28.6. The van der Waals surface area contributed by atoms with Crippen LogP contribution >= 0.6 is 0 Å². The molecule has 4 nitrogen and oxygen atoms in total. The topological polar surface area (TPSA) is 61.4 Å². The van der Waals surface area contributed by atoms with Crippen LogP contribution in [0, 0.1) is 5.92 Å². The summed E-state index contributed by atoms with van der Waals surface area (Å²) in [5, 5.41) is 0. The molecular weight excluding hydrogens is 202 g/mol. The highest BCUT2D eigenvalue weighted by Gasteiger charge is 2.30. The second kappa shape index (κ2) is 4.51. The van der Waals surface area contributed by atoms with Gasteiger partial charge >= 0.3 is 5.97 Å². The van der Waals surface area contributed by atoms with E-state index in [0.29, 0.717) is 18.7 Å². The molecule has 0 aromatic carbocycles. The number of carbonyl (C=O) groups excluding carboxylic acids is 1. The monoisotopic (exact) mass is 219 g/mol. The second-order valence-electron chi connectivity index (χ2n) is 4.42. The molecule has 0 aromatic rings. The standard InChI is InChI=1S/C9H17NO3S/c1-9(2,3)13-8(11)7-4-5-14(12)10-6-7/h7,10H,4-6H2,1-3H3. The predicted octanol–water partition coefficient (Wildman–Crippen LogP) is 0.601. The van der Waals surface area contributed by atoms with E-state index in [4.69, 9.17) is 4.74 Å². The molecule has 2 atom stereocenters. The van der Waals surface area contributed by atoms with E-state index in [1.807, 2.05) is 20.8 Å². The highest BCUT2D eigenvalue weighted by atomic mass is 32.2. The number of hydrogen-bond acceptors (Lipinski definition) is 4. The maximum absolute atomic E-state index is 11.6. The van der Waals surface area contributed by atoms with Crippen molar-refractivity contribution in [2.24, 2.45) is 5.92 Å². The minimum atomic E-state index is -0.958. The maximum atomic E-state index is 11.6. The lowest BCUT2D eigenvalue weighted by Crippen LogP contribution is -2.43. The molecular formula is C9H17NO3S. The first-order valence-corrected chi connectivity index (χ1v) is 6.05. The molecule has 1 rings (SSSR count). The van der Waals surface area contributed by atoms with E-state index in [0.717, 1.165) is 0 Å². The highest BCUT2D eigenvalue weighted by Crippen LogP contribution is 2.16. The first-order valence-electron chi connectivity index (χ1n) is 4.73. The number of esters is 1. The Kier molecular flexibility index (Phi) is 3.80. The van der Waals surface area contributed by atoms with Gasteiger partial charge < -0.3 is 9.29 Å². The van der Waals surface area contributed by atoms with Crippen molar-refractivity contribution >= 4 is 17.3 Å². The van der Waals surface area contributed by atoms with Gasteiger partial charge in [-0.2, -0.15) is 0 Å². The Labute approximate surface area is 87.7 Å². The molecule has 0 saturated carbocycles. The van der Waals surface area contributed by atoms with Gasteiger partial charge in [-0.15, -0.1) is 4.72 Å². The third-order valence-corrected chi connectivity index (χ3v) is 2.98. The lowest BCUT2D eigenvalue weighted by Gasteiger charge is -2.26. The first-order chi connectivity index (χ1) is 6.38. The van der Waals surface area contributed by atoms with Crippen LogP contribution in [0.5, 0.6) is 0 Å². The Morgan fingerprint density at radius 2 is 2.21 bits per heavy atom. The molecule has 0 aliphatic carbocycles. The van der Waals surface area contributed by atoms with Gasteiger partial charge in [-0.3, -0.25) is 4.79 Å². The summed E-state index contributed by atoms with van der Waals surface area (Å²) in [6.45, 7) is 6.00. The molecule has 0 spiro atoms. The second-order valence-corrected chi connectivity index (χ2v) is 5.81. The smallest absolute Gasteiger partial charge is 0.311 e. The SMILES string of the molecule is CC(C)(C)OC(=O)C1CC[S+]([O-])NC1. The average molecular weight is 219 g/mol. The van der Waals surface area contributed by atoms with Crippen LogP contribution in [0.15, 0.2) is 0 Å². The summed E-state index contributed by atoms with van der Waals surface area (Å²) < 4.78 is 19.0. The number of ether oxygens (including phenoxy) is 1. The van der Waals surface area contributed by atoms with Crippen molar-refractivity contribution in [1.82, 2.24) is 4.72 Å². The predicted molar refractivity (Wildman–Crippen MR) is 55.0 cm³/mol. The lowest BCUT2D eigenvalue weighted by molar-refractivity contribution is -0.159. The fourth-order valence-corrected chi connectivity index (χ4v) is 2.23. The van der Waals surface area contributed by atoms with Gasteiger partial charge in [0.1, 0.15) is 11.4 Å². The zero-order chi connectivity index (χ0) is 10.8. The summed E-state index contributed by atoms with van der Waals surface area (Å²) in [5.74, 6) is 0.192. The molecule has 2 unspecified atom stereocenters. The molecule has 82 valence electrons. The lowest BCUT2D eigenvalue weighted by atomic mass is 10.1. The molecule has 5 heteroatoms. The summed E-state index contributed by atoms with van der Waals surface area (Å²) in [4.78, 5) is 11.6. The van der Waals surface area contributed by atoms with Gasteiger partial charge in [0.25, 0.3) is 0 Å². The third kappa shape index (κ3) is 3.86. The van der Waals surface area contributed by atoms with E-state index in [1.54, 1.807) is 0 Å². The fourth-order valence-electron chi connectivity index (χ4n) is 1.20. The van der Waals surface area contributed by atoms with E-state index < -0.39 is 17.0 Å². The number of nitrogens with one attached hydrogen (secondary N) is 1. The Bertz CT molecular complexity index is 207. The summed E-state index contributed by atoms with van der Waals surface area (Å²) >= 11 is -0.958. The average Bonchev–Trinajstić information content (AvgIpc) is 2.02. The van der Waals surface area contributed by atoms with Crippen molar-refractivity contribution in [3.63, 3.8) is 0 Å². The van der Waals surface area contributed by atoms with Crippen molar-refractivity contribution in [2.75, 3.05) is 12.3 Å². The minimum Gasteiger partial charge on any atom is -0.598 e. The first kappa shape index (κ1) is 11.8. The van der Waals surface area contributed by atoms with Crippen LogP contribution in [0.1, 0.15) is 27.2 Å². The highest BCUT2D eigenvalue weighted by molar-refractivity contribution is 7.89. The summed E-state index contributed by atoms with van der Waals surface area (Å²) in [6.07, 6.45) is 0.647. The van der Waals surface area contributed by atoms with Crippen molar-refractivity contribution in [3.8, 4) is 0 Å². The van der Waals surface area contributed by atoms with Gasteiger partial charge in [0.15, 0.2) is 0 Å². The summed E-state index contributed by atoms with van der Waals surface area (Å²) in [5.41, 5.74) is -0.437. The Morgan fingerprint density at radius 1 is 1.57 bits per heavy atom. The van der Waals surface area contributed by atoms with Crippen LogP contribution in [0.2, 0.25) is 0 Å². The van der Waals surface area contributed by atoms with Crippen molar-refractivity contribution in [1.29, 1.82) is 0 Å². The zero-order valence-corrected chi connectivity index (χ0v) is 9.65. The Morgan fingerprint density at radius 3 is 2.64 bits per heavy atom. The largest absolute Gasteiger partial charge is 0.598 e.